The highest BCUT2D eigenvalue weighted by atomic mass is 19.1. The number of nitrogens with one attached hydrogen (secondary N) is 2. The second-order valence-corrected chi connectivity index (χ2v) is 10.3. The van der Waals surface area contributed by atoms with Gasteiger partial charge in [0.1, 0.15) is 11.6 Å². The van der Waals surface area contributed by atoms with E-state index in [1.54, 1.807) is 0 Å². The van der Waals surface area contributed by atoms with Crippen LogP contribution in [-0.4, -0.2) is 54.5 Å². The second kappa shape index (κ2) is 11.5. The minimum absolute atomic E-state index is 0.0264. The first-order valence-corrected chi connectivity index (χ1v) is 12.1. The minimum atomic E-state index is -0.977. The molecule has 0 radical (unpaired) electrons. The van der Waals surface area contributed by atoms with Crippen molar-refractivity contribution in [2.75, 3.05) is 31.1 Å². The molecule has 0 fully saturated rings. The van der Waals surface area contributed by atoms with Crippen LogP contribution in [0.15, 0.2) is 36.4 Å². The van der Waals surface area contributed by atoms with Gasteiger partial charge in [0.2, 0.25) is 5.91 Å². The Labute approximate surface area is 206 Å². The molecule has 0 spiro atoms. The number of amides is 1. The average Bonchev–Trinajstić information content (AvgIpc) is 2.76. The fourth-order valence-electron chi connectivity index (χ4n) is 4.65. The third-order valence-electron chi connectivity index (χ3n) is 6.47. The van der Waals surface area contributed by atoms with Crippen LogP contribution in [0.2, 0.25) is 0 Å². The maximum atomic E-state index is 13.7. The molecule has 35 heavy (non-hydrogen) atoms. The first-order valence-electron chi connectivity index (χ1n) is 12.1. The van der Waals surface area contributed by atoms with Crippen LogP contribution in [-0.2, 0) is 16.6 Å². The van der Waals surface area contributed by atoms with Crippen LogP contribution in [0.4, 0.5) is 14.5 Å². The summed E-state index contributed by atoms with van der Waals surface area (Å²) in [6, 6.07) is 8.86. The Kier molecular flexibility index (Phi) is 8.85. The monoisotopic (exact) mass is 489 g/mol. The molecule has 3 atom stereocenters. The molecule has 2 aromatic carbocycles. The van der Waals surface area contributed by atoms with Gasteiger partial charge in [0.25, 0.3) is 0 Å². The predicted octanol–water partition coefficient (Wildman–Crippen LogP) is 3.20. The third kappa shape index (κ3) is 7.22. The molecule has 0 unspecified atom stereocenters. The van der Waals surface area contributed by atoms with Gasteiger partial charge in [-0.2, -0.15) is 0 Å². The van der Waals surface area contributed by atoms with E-state index >= 15 is 0 Å². The van der Waals surface area contributed by atoms with Gasteiger partial charge in [-0.3, -0.25) is 4.79 Å². The van der Waals surface area contributed by atoms with Crippen molar-refractivity contribution in [1.29, 1.82) is 0 Å². The lowest BCUT2D eigenvalue weighted by Crippen LogP contribution is -2.49. The van der Waals surface area contributed by atoms with Crippen molar-refractivity contribution in [3.8, 4) is 0 Å². The molecular weight excluding hydrogens is 452 g/mol. The summed E-state index contributed by atoms with van der Waals surface area (Å²) in [5.74, 6) is -1.73. The number of benzene rings is 2. The first-order chi connectivity index (χ1) is 16.5. The SMILES string of the molecule is CC(=O)N[C@@H](Cc1cc(F)cc(F)c1)[C@@H](O)CN[C@H]1CCN(CCO)c2ccc(C(C)(C)C)cc21. The Morgan fingerprint density at radius 3 is 2.46 bits per heavy atom. The maximum Gasteiger partial charge on any atom is 0.217 e. The Morgan fingerprint density at radius 2 is 1.86 bits per heavy atom. The third-order valence-corrected chi connectivity index (χ3v) is 6.47. The van der Waals surface area contributed by atoms with Crippen LogP contribution in [0.1, 0.15) is 56.8 Å². The Balaban J connectivity index is 1.78. The molecule has 192 valence electrons. The predicted molar refractivity (Wildman–Crippen MR) is 133 cm³/mol. The van der Waals surface area contributed by atoms with Gasteiger partial charge in [-0.1, -0.05) is 32.9 Å². The minimum Gasteiger partial charge on any atom is -0.395 e. The van der Waals surface area contributed by atoms with Gasteiger partial charge in [-0.15, -0.1) is 0 Å². The topological polar surface area (TPSA) is 84.8 Å². The summed E-state index contributed by atoms with van der Waals surface area (Å²) < 4.78 is 27.3. The molecule has 0 bridgehead atoms. The van der Waals surface area contributed by atoms with Gasteiger partial charge < -0.3 is 25.7 Å². The summed E-state index contributed by atoms with van der Waals surface area (Å²) in [5, 5.41) is 26.6. The van der Waals surface area contributed by atoms with E-state index in [0.29, 0.717) is 12.1 Å². The van der Waals surface area contributed by atoms with Crippen LogP contribution >= 0.6 is 0 Å². The van der Waals surface area contributed by atoms with Crippen molar-refractivity contribution in [2.24, 2.45) is 0 Å². The van der Waals surface area contributed by atoms with Crippen molar-refractivity contribution in [2.45, 2.75) is 64.1 Å². The van der Waals surface area contributed by atoms with Gasteiger partial charge in [-0.25, -0.2) is 8.78 Å². The van der Waals surface area contributed by atoms with E-state index in [9.17, 15) is 23.8 Å². The fourth-order valence-corrected chi connectivity index (χ4v) is 4.65. The van der Waals surface area contributed by atoms with Gasteiger partial charge in [0, 0.05) is 44.4 Å². The van der Waals surface area contributed by atoms with Gasteiger partial charge in [-0.05, 0) is 53.1 Å². The summed E-state index contributed by atoms with van der Waals surface area (Å²) in [7, 11) is 0. The van der Waals surface area contributed by atoms with Gasteiger partial charge in [0.05, 0.1) is 18.8 Å². The molecular formula is C27H37F2N3O3. The lowest BCUT2D eigenvalue weighted by atomic mass is 9.83. The van der Waals surface area contributed by atoms with Crippen LogP contribution in [0, 0.1) is 11.6 Å². The lowest BCUT2D eigenvalue weighted by Gasteiger charge is -2.37. The molecule has 2 aromatic rings. The molecule has 1 aliphatic heterocycles. The number of aliphatic hydroxyl groups excluding tert-OH is 2. The molecule has 3 rings (SSSR count). The van der Waals surface area contributed by atoms with E-state index in [4.69, 9.17) is 0 Å². The molecule has 1 aliphatic rings. The zero-order valence-corrected chi connectivity index (χ0v) is 20.9. The number of carbonyl (C=O) groups excluding carboxylic acids is 1. The van der Waals surface area contributed by atoms with Crippen LogP contribution in [0.5, 0.6) is 0 Å². The van der Waals surface area contributed by atoms with Crippen LogP contribution in [0.25, 0.3) is 0 Å². The Morgan fingerprint density at radius 1 is 1.17 bits per heavy atom. The maximum absolute atomic E-state index is 13.7. The molecule has 0 aliphatic carbocycles. The number of β-amino-alcohol motifs (C(OH)–C–C–N with tert-alkyl or cyclic N) is 1. The van der Waals surface area contributed by atoms with E-state index < -0.39 is 23.8 Å². The summed E-state index contributed by atoms with van der Waals surface area (Å²) in [6.07, 6.45) is -0.0979. The number of hydrogen-bond donors (Lipinski definition) is 4. The molecule has 0 saturated carbocycles. The van der Waals surface area contributed by atoms with E-state index in [0.717, 1.165) is 30.3 Å². The molecule has 0 saturated heterocycles. The second-order valence-electron chi connectivity index (χ2n) is 10.3. The van der Waals surface area contributed by atoms with Crippen molar-refractivity contribution < 1.29 is 23.8 Å². The summed E-state index contributed by atoms with van der Waals surface area (Å²) in [6.45, 7) is 9.37. The number of fused-ring (bicyclic) bond motifs is 1. The molecule has 8 heteroatoms. The van der Waals surface area contributed by atoms with Crippen molar-refractivity contribution in [1.82, 2.24) is 10.6 Å². The number of hydrogen-bond acceptors (Lipinski definition) is 5. The average molecular weight is 490 g/mol. The summed E-state index contributed by atoms with van der Waals surface area (Å²) >= 11 is 0. The fraction of sp³-hybridized carbons (Fsp3) is 0.519. The highest BCUT2D eigenvalue weighted by Gasteiger charge is 2.29. The smallest absolute Gasteiger partial charge is 0.217 e. The standard InChI is InChI=1S/C27H37F2N3O3/c1-17(34)31-24(13-18-11-20(28)15-21(29)12-18)26(35)16-30-23-7-8-32(9-10-33)25-6-5-19(14-22(23)25)27(2,3)4/h5-6,11-12,14-15,23-24,26,30,33,35H,7-10,13,16H2,1-4H3,(H,31,34)/t23-,24-,26-/m0/s1. The van der Waals surface area contributed by atoms with Gasteiger partial charge in [0.15, 0.2) is 0 Å². The van der Waals surface area contributed by atoms with E-state index in [1.165, 1.54) is 24.6 Å². The van der Waals surface area contributed by atoms with E-state index in [2.05, 4.69) is 54.5 Å². The zero-order valence-electron chi connectivity index (χ0n) is 20.9. The molecule has 1 heterocycles. The lowest BCUT2D eigenvalue weighted by molar-refractivity contribution is -0.120. The van der Waals surface area contributed by atoms with E-state index in [-0.39, 0.29) is 36.9 Å². The van der Waals surface area contributed by atoms with Crippen LogP contribution < -0.4 is 15.5 Å². The quantitative estimate of drug-likeness (QED) is 0.435. The largest absolute Gasteiger partial charge is 0.395 e. The highest BCUT2D eigenvalue weighted by molar-refractivity contribution is 5.73. The number of rotatable bonds is 9. The molecule has 0 aromatic heterocycles. The Bertz CT molecular complexity index is 1000. The molecule has 4 N–H and O–H groups in total. The molecule has 1 amide bonds. The zero-order chi connectivity index (χ0) is 25.8. The summed E-state index contributed by atoms with van der Waals surface area (Å²) in [4.78, 5) is 13.9. The van der Waals surface area contributed by atoms with Crippen molar-refractivity contribution in [3.05, 3.63) is 64.7 Å². The van der Waals surface area contributed by atoms with Gasteiger partial charge >= 0.3 is 0 Å². The van der Waals surface area contributed by atoms with Crippen molar-refractivity contribution >= 4 is 11.6 Å². The van der Waals surface area contributed by atoms with Crippen LogP contribution in [0.3, 0.4) is 0 Å². The number of carbonyl (C=O) groups is 1. The first kappa shape index (κ1) is 27.0. The normalized spacial score (nSPS) is 17.6. The molecule has 6 nitrogen and oxygen atoms in total. The summed E-state index contributed by atoms with van der Waals surface area (Å²) in [5.41, 5.74) is 3.68. The number of nitrogens with zero attached hydrogens (tertiary/aromatic N) is 1. The number of aliphatic hydroxyl groups is 2. The van der Waals surface area contributed by atoms with Crippen molar-refractivity contribution in [3.63, 3.8) is 0 Å². The Hall–Kier alpha value is -2.55. The number of halogens is 2. The number of anilines is 1. The highest BCUT2D eigenvalue weighted by Crippen LogP contribution is 2.37. The van der Waals surface area contributed by atoms with E-state index in [1.807, 2.05) is 0 Å².